The van der Waals surface area contributed by atoms with Gasteiger partial charge in [0.05, 0.1) is 6.21 Å². The predicted octanol–water partition coefficient (Wildman–Crippen LogP) is 2.79. The third-order valence-corrected chi connectivity index (χ3v) is 3.87. The van der Waals surface area contributed by atoms with Crippen molar-refractivity contribution in [2.24, 2.45) is 5.10 Å². The van der Waals surface area contributed by atoms with Gasteiger partial charge in [0.2, 0.25) is 0 Å². The topological polar surface area (TPSA) is 67.5 Å². The largest absolute Gasteiger partial charge is 0.259 e. The first-order valence-corrected chi connectivity index (χ1v) is 7.21. The van der Waals surface area contributed by atoms with Crippen LogP contribution in [0.5, 0.6) is 0 Å². The first kappa shape index (κ1) is 12.0. The Morgan fingerprint density at radius 2 is 2.05 bits per heavy atom. The molecule has 21 heavy (non-hydrogen) atoms. The Labute approximate surface area is 123 Å². The van der Waals surface area contributed by atoms with Crippen molar-refractivity contribution in [2.45, 2.75) is 0 Å². The molecule has 7 heteroatoms. The number of rotatable bonds is 3. The number of hydrogen-bond donors (Lipinski definition) is 1. The molecule has 0 fully saturated rings. The molecule has 0 amide bonds. The van der Waals surface area contributed by atoms with E-state index in [1.54, 1.807) is 28.4 Å². The molecule has 0 radical (unpaired) electrons. The van der Waals surface area contributed by atoms with Crippen molar-refractivity contribution < 1.29 is 0 Å². The number of aromatic nitrogens is 4. The number of nitrogens with one attached hydrogen (secondary N) is 1. The molecule has 0 spiro atoms. The summed E-state index contributed by atoms with van der Waals surface area (Å²) in [5.41, 5.74) is 3.73. The second-order valence-corrected chi connectivity index (χ2v) is 5.36. The van der Waals surface area contributed by atoms with Gasteiger partial charge in [-0.05, 0) is 11.4 Å². The normalized spacial score (nSPS) is 11.6. The van der Waals surface area contributed by atoms with Crippen LogP contribution in [0.3, 0.4) is 0 Å². The summed E-state index contributed by atoms with van der Waals surface area (Å²) in [7, 11) is 0. The molecule has 0 saturated carbocycles. The summed E-state index contributed by atoms with van der Waals surface area (Å²) in [6.45, 7) is 0. The number of benzene rings is 1. The van der Waals surface area contributed by atoms with Gasteiger partial charge < -0.3 is 0 Å². The van der Waals surface area contributed by atoms with E-state index < -0.39 is 0 Å². The lowest BCUT2D eigenvalue weighted by atomic mass is 10.2. The van der Waals surface area contributed by atoms with Gasteiger partial charge in [0, 0.05) is 15.6 Å². The highest BCUT2D eigenvalue weighted by molar-refractivity contribution is 7.11. The molecule has 1 N–H and O–H groups in total. The van der Waals surface area contributed by atoms with E-state index in [9.17, 15) is 0 Å². The lowest BCUT2D eigenvalue weighted by Crippen LogP contribution is -2.00. The number of fused-ring (bicyclic) bond motifs is 3. The molecule has 0 aliphatic carbocycles. The number of hydrogen-bond acceptors (Lipinski definition) is 6. The molecule has 6 nitrogen and oxygen atoms in total. The van der Waals surface area contributed by atoms with E-state index in [2.05, 4.69) is 25.8 Å². The summed E-state index contributed by atoms with van der Waals surface area (Å²) in [6.07, 6.45) is 3.35. The lowest BCUT2D eigenvalue weighted by molar-refractivity contribution is 0.934. The standard InChI is InChI=1S/C14H10N6S/c1-2-6-12-11(5-1)13(19-20-9-16-18-14(12)20)17-15-8-10-4-3-7-21-10/h1-9H,(H,17,19)/b15-8-. The van der Waals surface area contributed by atoms with E-state index in [4.69, 9.17) is 0 Å². The highest BCUT2D eigenvalue weighted by Crippen LogP contribution is 2.23. The quantitative estimate of drug-likeness (QED) is 0.466. The highest BCUT2D eigenvalue weighted by atomic mass is 32.1. The SMILES string of the molecule is C(=N/Nc1nn2cnnc2c2ccccc12)/c1cccs1. The Hall–Kier alpha value is -2.80. The fraction of sp³-hybridized carbons (Fsp3) is 0. The van der Waals surface area contributed by atoms with Crippen molar-refractivity contribution in [3.63, 3.8) is 0 Å². The second-order valence-electron chi connectivity index (χ2n) is 4.38. The third kappa shape index (κ3) is 2.13. The fourth-order valence-corrected chi connectivity index (χ4v) is 2.72. The van der Waals surface area contributed by atoms with Crippen LogP contribution in [0.15, 0.2) is 53.2 Å². The van der Waals surface area contributed by atoms with Crippen LogP contribution in [0.25, 0.3) is 16.4 Å². The van der Waals surface area contributed by atoms with Gasteiger partial charge in [0.25, 0.3) is 0 Å². The number of anilines is 1. The zero-order valence-electron chi connectivity index (χ0n) is 10.8. The molecule has 0 atom stereocenters. The summed E-state index contributed by atoms with van der Waals surface area (Å²) in [4.78, 5) is 1.08. The molecule has 3 aromatic heterocycles. The lowest BCUT2D eigenvalue weighted by Gasteiger charge is -2.05. The first-order chi connectivity index (χ1) is 10.4. The van der Waals surface area contributed by atoms with Crippen molar-refractivity contribution in [1.29, 1.82) is 0 Å². The maximum absolute atomic E-state index is 4.45. The van der Waals surface area contributed by atoms with E-state index in [0.717, 1.165) is 21.3 Å². The minimum Gasteiger partial charge on any atom is -0.259 e. The Morgan fingerprint density at radius 3 is 2.90 bits per heavy atom. The van der Waals surface area contributed by atoms with Gasteiger partial charge in [-0.15, -0.1) is 26.6 Å². The van der Waals surface area contributed by atoms with Gasteiger partial charge in [0.1, 0.15) is 6.33 Å². The molecular weight excluding hydrogens is 284 g/mol. The fourth-order valence-electron chi connectivity index (χ4n) is 2.13. The molecule has 0 bridgehead atoms. The summed E-state index contributed by atoms with van der Waals surface area (Å²) in [5, 5.41) is 20.6. The van der Waals surface area contributed by atoms with Crippen LogP contribution in [0.1, 0.15) is 4.88 Å². The van der Waals surface area contributed by atoms with Gasteiger partial charge in [-0.3, -0.25) is 5.43 Å². The van der Waals surface area contributed by atoms with E-state index >= 15 is 0 Å². The van der Waals surface area contributed by atoms with Crippen LogP contribution in [0.4, 0.5) is 5.82 Å². The number of hydrazone groups is 1. The molecule has 102 valence electrons. The Kier molecular flexibility index (Phi) is 2.82. The summed E-state index contributed by atoms with van der Waals surface area (Å²) >= 11 is 1.63. The molecule has 0 aliphatic heterocycles. The Morgan fingerprint density at radius 1 is 1.14 bits per heavy atom. The molecular formula is C14H10N6S. The Balaban J connectivity index is 1.79. The summed E-state index contributed by atoms with van der Waals surface area (Å²) < 4.78 is 1.64. The zero-order valence-corrected chi connectivity index (χ0v) is 11.7. The van der Waals surface area contributed by atoms with Gasteiger partial charge >= 0.3 is 0 Å². The zero-order chi connectivity index (χ0) is 14.1. The smallest absolute Gasteiger partial charge is 0.185 e. The second kappa shape index (κ2) is 4.95. The average Bonchev–Trinajstić information content (AvgIpc) is 3.18. The molecule has 0 saturated heterocycles. The van der Waals surface area contributed by atoms with E-state index in [0.29, 0.717) is 5.82 Å². The van der Waals surface area contributed by atoms with Gasteiger partial charge in [-0.25, -0.2) is 0 Å². The monoisotopic (exact) mass is 294 g/mol. The van der Waals surface area contributed by atoms with Crippen LogP contribution in [0.2, 0.25) is 0 Å². The third-order valence-electron chi connectivity index (χ3n) is 3.07. The van der Waals surface area contributed by atoms with Crippen molar-refractivity contribution in [3.05, 3.63) is 53.0 Å². The molecule has 4 rings (SSSR count). The highest BCUT2D eigenvalue weighted by Gasteiger charge is 2.08. The van der Waals surface area contributed by atoms with Crippen LogP contribution >= 0.6 is 11.3 Å². The van der Waals surface area contributed by atoms with Crippen LogP contribution < -0.4 is 5.43 Å². The van der Waals surface area contributed by atoms with E-state index in [-0.39, 0.29) is 0 Å². The van der Waals surface area contributed by atoms with Crippen molar-refractivity contribution >= 4 is 39.8 Å². The Bertz CT molecular complexity index is 925. The number of nitrogens with zero attached hydrogens (tertiary/aromatic N) is 5. The molecule has 3 heterocycles. The average molecular weight is 294 g/mol. The van der Waals surface area contributed by atoms with Crippen molar-refractivity contribution in [3.8, 4) is 0 Å². The van der Waals surface area contributed by atoms with Gasteiger partial charge in [-0.1, -0.05) is 30.3 Å². The maximum Gasteiger partial charge on any atom is 0.185 e. The molecule has 0 aliphatic rings. The van der Waals surface area contributed by atoms with Gasteiger partial charge in [-0.2, -0.15) is 9.62 Å². The van der Waals surface area contributed by atoms with Crippen LogP contribution in [0, 0.1) is 0 Å². The summed E-state index contributed by atoms with van der Waals surface area (Å²) in [5.74, 6) is 0.672. The number of thiophene rings is 1. The molecule has 4 aromatic rings. The molecule has 1 aromatic carbocycles. The first-order valence-electron chi connectivity index (χ1n) is 6.33. The van der Waals surface area contributed by atoms with E-state index in [1.165, 1.54) is 0 Å². The predicted molar refractivity (Wildman–Crippen MR) is 83.8 cm³/mol. The van der Waals surface area contributed by atoms with Crippen molar-refractivity contribution in [2.75, 3.05) is 5.43 Å². The van der Waals surface area contributed by atoms with Gasteiger partial charge in [0.15, 0.2) is 11.5 Å². The minimum absolute atomic E-state index is 0.672. The van der Waals surface area contributed by atoms with Crippen LogP contribution in [-0.2, 0) is 0 Å². The van der Waals surface area contributed by atoms with E-state index in [1.807, 2.05) is 41.8 Å². The van der Waals surface area contributed by atoms with Crippen LogP contribution in [-0.4, -0.2) is 26.0 Å². The minimum atomic E-state index is 0.672. The summed E-state index contributed by atoms with van der Waals surface area (Å²) in [6, 6.07) is 11.9. The van der Waals surface area contributed by atoms with Crippen molar-refractivity contribution in [1.82, 2.24) is 19.8 Å². The molecule has 0 unspecified atom stereocenters. The maximum atomic E-state index is 4.45.